The molecule has 0 saturated carbocycles. The number of hydrogen-bond acceptors (Lipinski definition) is 2. The molecule has 0 aliphatic heterocycles. The van der Waals surface area contributed by atoms with Crippen molar-refractivity contribution in [1.29, 1.82) is 0 Å². The Bertz CT molecular complexity index is 1130. The van der Waals surface area contributed by atoms with E-state index < -0.39 is 76.3 Å². The van der Waals surface area contributed by atoms with Crippen LogP contribution in [-0.2, 0) is 4.74 Å². The zero-order chi connectivity index (χ0) is 33.4. The molecule has 0 heterocycles. The second-order valence-corrected chi connectivity index (χ2v) is 10.6. The number of allylic oxidation sites excluding steroid dienone is 2. The summed E-state index contributed by atoms with van der Waals surface area (Å²) in [7, 11) is 0. The predicted octanol–water partition coefficient (Wildman–Crippen LogP) is 10.1. The molecular weight excluding hydrogens is 814 g/mol. The van der Waals surface area contributed by atoms with E-state index in [0.29, 0.717) is 4.47 Å². The molecule has 0 radical (unpaired) electrons. The largest absolute Gasteiger partial charge is 0.462 e. The summed E-state index contributed by atoms with van der Waals surface area (Å²) in [5.74, 6) is -57.5. The van der Waals surface area contributed by atoms with Crippen molar-refractivity contribution in [3.63, 3.8) is 0 Å². The van der Waals surface area contributed by atoms with Gasteiger partial charge in [-0.15, -0.1) is 0 Å². The maximum Gasteiger partial charge on any atom is 0.460 e. The van der Waals surface area contributed by atoms with Gasteiger partial charge in [-0.2, -0.15) is 74.6 Å². The normalized spacial score (nSPS) is 15.2. The molecule has 42 heavy (non-hydrogen) atoms. The van der Waals surface area contributed by atoms with Crippen molar-refractivity contribution in [1.82, 2.24) is 0 Å². The van der Waals surface area contributed by atoms with E-state index in [0.717, 1.165) is 22.6 Å². The van der Waals surface area contributed by atoms with Gasteiger partial charge < -0.3 is 4.74 Å². The smallest absolute Gasteiger partial charge is 0.460 e. The van der Waals surface area contributed by atoms with Crippen LogP contribution in [0.25, 0.3) is 0 Å². The van der Waals surface area contributed by atoms with Gasteiger partial charge in [0.15, 0.2) is 0 Å². The van der Waals surface area contributed by atoms with Crippen molar-refractivity contribution >= 4 is 44.5 Å². The molecule has 1 aromatic carbocycles. The minimum atomic E-state index is -8.66. The molecule has 0 bridgehead atoms. The van der Waals surface area contributed by atoms with Crippen molar-refractivity contribution in [3.8, 4) is 0 Å². The zero-order valence-corrected chi connectivity index (χ0v) is 23.5. The molecule has 0 amide bonds. The summed E-state index contributed by atoms with van der Waals surface area (Å²) in [6.45, 7) is -0.401. The van der Waals surface area contributed by atoms with Gasteiger partial charge in [-0.25, -0.2) is 4.79 Å². The lowest BCUT2D eigenvalue weighted by Gasteiger charge is -2.42. The van der Waals surface area contributed by atoms with Crippen LogP contribution in [0.15, 0.2) is 38.4 Å². The molecule has 0 aliphatic carbocycles. The van der Waals surface area contributed by atoms with Gasteiger partial charge in [0.2, 0.25) is 0 Å². The number of carbonyl (C=O) groups excluding carboxylic acids is 1. The number of unbranched alkanes of at least 4 members (excludes halogenated alkanes) is 1. The maximum absolute atomic E-state index is 14.0. The predicted molar refractivity (Wildman–Crippen MR) is 121 cm³/mol. The van der Waals surface area contributed by atoms with Crippen LogP contribution in [0.1, 0.15) is 29.6 Å². The highest BCUT2D eigenvalue weighted by Crippen LogP contribution is 2.64. The fourth-order valence-corrected chi connectivity index (χ4v) is 3.80. The molecular formula is C21H13BrF17IO2. The number of benzene rings is 1. The Morgan fingerprint density at radius 3 is 1.50 bits per heavy atom. The molecule has 1 aromatic rings. The second kappa shape index (κ2) is 12.4. The Labute approximate surface area is 245 Å². The molecule has 1 rings (SSSR count). The fourth-order valence-electron chi connectivity index (χ4n) is 2.77. The second-order valence-electron chi connectivity index (χ2n) is 8.26. The average molecular weight is 827 g/mol. The summed E-state index contributed by atoms with van der Waals surface area (Å²) in [6, 6.07) is 5.64. The van der Waals surface area contributed by atoms with Gasteiger partial charge in [-0.1, -0.05) is 15.9 Å². The van der Waals surface area contributed by atoms with Crippen LogP contribution in [-0.4, -0.2) is 60.2 Å². The van der Waals surface area contributed by atoms with E-state index >= 15 is 0 Å². The van der Waals surface area contributed by atoms with Crippen molar-refractivity contribution in [2.24, 2.45) is 0 Å². The minimum absolute atomic E-state index is 0.0812. The molecule has 0 spiro atoms. The van der Waals surface area contributed by atoms with Gasteiger partial charge in [0.05, 0.1) is 12.2 Å². The van der Waals surface area contributed by atoms with Gasteiger partial charge >= 0.3 is 53.6 Å². The lowest BCUT2D eigenvalue weighted by Crippen LogP contribution is -2.74. The molecule has 0 saturated heterocycles. The Morgan fingerprint density at radius 1 is 0.667 bits per heavy atom. The Hall–Kier alpha value is -1.55. The Balaban J connectivity index is 3.10. The molecule has 0 fully saturated rings. The number of hydrogen-bond donors (Lipinski definition) is 0. The number of alkyl halides is 17. The van der Waals surface area contributed by atoms with Crippen molar-refractivity contribution < 1.29 is 84.2 Å². The molecule has 0 unspecified atom stereocenters. The van der Waals surface area contributed by atoms with Gasteiger partial charge in [-0.3, -0.25) is 0 Å². The molecule has 0 aromatic heterocycles. The first-order valence-corrected chi connectivity index (χ1v) is 12.4. The van der Waals surface area contributed by atoms with E-state index in [4.69, 9.17) is 4.74 Å². The Kier molecular flexibility index (Phi) is 11.4. The fraction of sp³-hybridized carbons (Fsp3) is 0.571. The summed E-state index contributed by atoms with van der Waals surface area (Å²) >= 11 is 3.89. The van der Waals surface area contributed by atoms with Crippen LogP contribution in [0.3, 0.4) is 0 Å². The van der Waals surface area contributed by atoms with E-state index in [1.807, 2.05) is 0 Å². The number of rotatable bonds is 13. The van der Waals surface area contributed by atoms with Gasteiger partial charge in [-0.05, 0) is 69.7 Å². The minimum Gasteiger partial charge on any atom is -0.462 e. The first kappa shape index (κ1) is 38.5. The van der Waals surface area contributed by atoms with Crippen LogP contribution in [0.5, 0.6) is 0 Å². The van der Waals surface area contributed by atoms with Gasteiger partial charge in [0.25, 0.3) is 0 Å². The molecule has 242 valence electrons. The summed E-state index contributed by atoms with van der Waals surface area (Å²) in [5.41, 5.74) is 0.0812. The first-order chi connectivity index (χ1) is 18.5. The van der Waals surface area contributed by atoms with Crippen LogP contribution in [0.2, 0.25) is 0 Å². The molecule has 0 aliphatic rings. The van der Waals surface area contributed by atoms with E-state index in [1.54, 1.807) is 0 Å². The van der Waals surface area contributed by atoms with Crippen molar-refractivity contribution in [2.75, 3.05) is 6.61 Å². The van der Waals surface area contributed by atoms with E-state index in [1.165, 1.54) is 24.3 Å². The summed E-state index contributed by atoms with van der Waals surface area (Å²) in [6.07, 6.45) is -10.2. The van der Waals surface area contributed by atoms with Gasteiger partial charge in [0.1, 0.15) is 0 Å². The molecule has 0 N–H and O–H groups in total. The maximum atomic E-state index is 14.0. The Morgan fingerprint density at radius 2 is 1.07 bits per heavy atom. The van der Waals surface area contributed by atoms with E-state index in [-0.39, 0.29) is 18.4 Å². The summed E-state index contributed by atoms with van der Waals surface area (Å²) in [4.78, 5) is 11.8. The third kappa shape index (κ3) is 6.89. The van der Waals surface area contributed by atoms with Crippen LogP contribution in [0.4, 0.5) is 74.6 Å². The highest BCUT2D eigenvalue weighted by molar-refractivity contribution is 14.1. The molecule has 0 atom stereocenters. The molecule has 21 heteroatoms. The standard InChI is InChI=1S/C21H13BrF17IO2/c22-11-6-4-10(5-7-11)13(41)42-8-2-1-3-12(40)9-14(23,24)15(25,26)16(27,28)17(29,30)18(31,32)19(33,34)20(35,36)21(37,38)39/h4-7,9H,1-3,8H2. The van der Waals surface area contributed by atoms with E-state index in [9.17, 15) is 79.4 Å². The van der Waals surface area contributed by atoms with Crippen LogP contribution >= 0.6 is 38.5 Å². The monoisotopic (exact) mass is 826 g/mol. The number of halogens is 19. The zero-order valence-electron chi connectivity index (χ0n) is 19.7. The summed E-state index contributed by atoms with van der Waals surface area (Å²) < 4.78 is 231. The lowest BCUT2D eigenvalue weighted by atomic mass is 9.89. The average Bonchev–Trinajstić information content (AvgIpc) is 2.82. The molecule has 2 nitrogen and oxygen atoms in total. The van der Waals surface area contributed by atoms with E-state index in [2.05, 4.69) is 15.9 Å². The third-order valence-electron chi connectivity index (χ3n) is 5.21. The first-order valence-electron chi connectivity index (χ1n) is 10.5. The number of ether oxygens (including phenoxy) is 1. The third-order valence-corrected chi connectivity index (χ3v) is 6.59. The highest BCUT2D eigenvalue weighted by Gasteiger charge is 2.95. The van der Waals surface area contributed by atoms with Gasteiger partial charge in [0, 0.05) is 10.5 Å². The van der Waals surface area contributed by atoms with Crippen molar-refractivity contribution in [2.45, 2.75) is 66.9 Å². The van der Waals surface area contributed by atoms with Crippen LogP contribution < -0.4 is 0 Å². The lowest BCUT2D eigenvalue weighted by molar-refractivity contribution is -0.459. The highest BCUT2D eigenvalue weighted by atomic mass is 127. The quantitative estimate of drug-likeness (QED) is 0.0857. The SMILES string of the molecule is O=C(OCCCCC(I)=CC(F)(F)C(F)(F)C(F)(F)C(F)(F)C(F)(F)C(F)(F)C(F)(F)C(F)(F)F)c1ccc(Br)cc1. The topological polar surface area (TPSA) is 26.3 Å². The summed E-state index contributed by atoms with van der Waals surface area (Å²) in [5, 5.41) is 0. The van der Waals surface area contributed by atoms with Crippen molar-refractivity contribution in [3.05, 3.63) is 44.0 Å². The number of esters is 1. The van der Waals surface area contributed by atoms with Crippen LogP contribution in [0, 0.1) is 0 Å². The number of carbonyl (C=O) groups is 1.